The number of ether oxygens (including phenoxy) is 1. The van der Waals surface area contributed by atoms with Gasteiger partial charge in [0.15, 0.2) is 0 Å². The molecule has 1 N–H and O–H groups in total. The van der Waals surface area contributed by atoms with Crippen molar-refractivity contribution < 1.29 is 9.84 Å². The van der Waals surface area contributed by atoms with Crippen molar-refractivity contribution in [1.29, 1.82) is 0 Å². The van der Waals surface area contributed by atoms with Crippen LogP contribution in [0.4, 0.5) is 0 Å². The van der Waals surface area contributed by atoms with Gasteiger partial charge >= 0.3 is 0 Å². The van der Waals surface area contributed by atoms with Crippen LogP contribution < -0.4 is 4.74 Å². The van der Waals surface area contributed by atoms with Gasteiger partial charge in [-0.05, 0) is 62.7 Å². The lowest BCUT2D eigenvalue weighted by Crippen LogP contribution is -2.38. The van der Waals surface area contributed by atoms with Gasteiger partial charge in [-0.1, -0.05) is 18.5 Å². The number of benzene rings is 1. The smallest absolute Gasteiger partial charge is 0.119 e. The normalized spacial score (nSPS) is 18.9. The third-order valence-corrected chi connectivity index (χ3v) is 4.51. The molecule has 0 bridgehead atoms. The zero-order valence-corrected chi connectivity index (χ0v) is 12.9. The second-order valence-corrected chi connectivity index (χ2v) is 5.92. The van der Waals surface area contributed by atoms with E-state index >= 15 is 0 Å². The molecular weight excluding hydrogens is 274 g/mol. The Bertz CT molecular complexity index is 388. The highest BCUT2D eigenvalue weighted by atomic mass is 35.5. The van der Waals surface area contributed by atoms with Crippen LogP contribution in [0.2, 0.25) is 5.02 Å². The molecule has 0 aliphatic carbocycles. The lowest BCUT2D eigenvalue weighted by molar-refractivity contribution is 0.0757. The monoisotopic (exact) mass is 297 g/mol. The second-order valence-electron chi connectivity index (χ2n) is 5.48. The van der Waals surface area contributed by atoms with Crippen LogP contribution in [0, 0.1) is 11.8 Å². The lowest BCUT2D eigenvalue weighted by Gasteiger charge is -2.34. The molecular formula is C16H24ClNO2. The molecule has 1 aromatic carbocycles. The molecule has 1 aliphatic heterocycles. The molecule has 0 aromatic heterocycles. The molecule has 1 fully saturated rings. The van der Waals surface area contributed by atoms with Crippen molar-refractivity contribution >= 4 is 11.6 Å². The average Bonchev–Trinajstić information content (AvgIpc) is 2.50. The van der Waals surface area contributed by atoms with Gasteiger partial charge in [-0.25, -0.2) is 0 Å². The van der Waals surface area contributed by atoms with E-state index in [0.717, 1.165) is 38.2 Å². The summed E-state index contributed by atoms with van der Waals surface area (Å²) in [6.45, 7) is 6.38. The minimum absolute atomic E-state index is 0.199. The quantitative estimate of drug-likeness (QED) is 0.876. The summed E-state index contributed by atoms with van der Waals surface area (Å²) in [4.78, 5) is 2.46. The number of aliphatic hydroxyl groups excluding tert-OH is 1. The zero-order chi connectivity index (χ0) is 14.4. The molecule has 0 amide bonds. The van der Waals surface area contributed by atoms with E-state index in [0.29, 0.717) is 17.5 Å². The van der Waals surface area contributed by atoms with E-state index in [-0.39, 0.29) is 12.5 Å². The van der Waals surface area contributed by atoms with Crippen molar-refractivity contribution in [3.05, 3.63) is 29.3 Å². The maximum absolute atomic E-state index is 9.61. The first-order valence-electron chi connectivity index (χ1n) is 7.44. The summed E-state index contributed by atoms with van der Waals surface area (Å²) in [6.07, 6.45) is 2.31. The van der Waals surface area contributed by atoms with Crippen LogP contribution in [0.15, 0.2) is 24.3 Å². The summed E-state index contributed by atoms with van der Waals surface area (Å²) in [5, 5.41) is 10.3. The number of rotatable bonds is 6. The molecule has 0 saturated carbocycles. The maximum Gasteiger partial charge on any atom is 0.119 e. The summed E-state index contributed by atoms with van der Waals surface area (Å²) in [5.41, 5.74) is 0. The van der Waals surface area contributed by atoms with Crippen LogP contribution in [0.25, 0.3) is 0 Å². The Morgan fingerprint density at radius 2 is 1.95 bits per heavy atom. The SMILES string of the molecule is CCN1CCC(C(CO)COc2ccc(Cl)cc2)CC1. The van der Waals surface area contributed by atoms with Crippen molar-refractivity contribution in [3.63, 3.8) is 0 Å². The van der Waals surface area contributed by atoms with E-state index in [1.807, 2.05) is 24.3 Å². The van der Waals surface area contributed by atoms with Crippen LogP contribution in [0.3, 0.4) is 0 Å². The molecule has 112 valence electrons. The van der Waals surface area contributed by atoms with Gasteiger partial charge in [0.1, 0.15) is 5.75 Å². The standard InChI is InChI=1S/C16H24ClNO2/c1-2-18-9-7-13(8-10-18)14(11-19)12-20-16-5-3-15(17)4-6-16/h3-6,13-14,19H,2,7-12H2,1H3. The van der Waals surface area contributed by atoms with E-state index < -0.39 is 0 Å². The topological polar surface area (TPSA) is 32.7 Å². The molecule has 1 aromatic rings. The average molecular weight is 298 g/mol. The van der Waals surface area contributed by atoms with Crippen LogP contribution in [-0.4, -0.2) is 42.9 Å². The minimum Gasteiger partial charge on any atom is -0.493 e. The molecule has 0 spiro atoms. The van der Waals surface area contributed by atoms with E-state index in [9.17, 15) is 5.11 Å². The van der Waals surface area contributed by atoms with Gasteiger partial charge in [0, 0.05) is 17.5 Å². The van der Waals surface area contributed by atoms with Crippen LogP contribution in [0.5, 0.6) is 5.75 Å². The van der Waals surface area contributed by atoms with Crippen molar-refractivity contribution in [1.82, 2.24) is 4.90 Å². The molecule has 4 heteroatoms. The largest absolute Gasteiger partial charge is 0.493 e. The molecule has 2 rings (SSSR count). The van der Waals surface area contributed by atoms with Crippen LogP contribution in [-0.2, 0) is 0 Å². The molecule has 0 radical (unpaired) electrons. The van der Waals surface area contributed by atoms with Gasteiger partial charge in [-0.3, -0.25) is 0 Å². The third kappa shape index (κ3) is 4.37. The van der Waals surface area contributed by atoms with Crippen molar-refractivity contribution in [2.75, 3.05) is 32.8 Å². The summed E-state index contributed by atoms with van der Waals surface area (Å²) >= 11 is 5.85. The maximum atomic E-state index is 9.61. The Balaban J connectivity index is 1.81. The van der Waals surface area contributed by atoms with Gasteiger partial charge in [0.2, 0.25) is 0 Å². The summed E-state index contributed by atoms with van der Waals surface area (Å²) in [6, 6.07) is 7.39. The van der Waals surface area contributed by atoms with Crippen LogP contribution in [0.1, 0.15) is 19.8 Å². The highest BCUT2D eigenvalue weighted by Gasteiger charge is 2.26. The molecule has 1 saturated heterocycles. The Kier molecular flexibility index (Phi) is 6.14. The number of likely N-dealkylation sites (tertiary alicyclic amines) is 1. The highest BCUT2D eigenvalue weighted by Crippen LogP contribution is 2.26. The number of nitrogens with zero attached hydrogens (tertiary/aromatic N) is 1. The lowest BCUT2D eigenvalue weighted by atomic mass is 9.85. The predicted octanol–water partition coefficient (Wildman–Crippen LogP) is 3.06. The second kappa shape index (κ2) is 7.87. The Hall–Kier alpha value is -0.770. The highest BCUT2D eigenvalue weighted by molar-refractivity contribution is 6.30. The number of piperidine rings is 1. The van der Waals surface area contributed by atoms with E-state index in [4.69, 9.17) is 16.3 Å². The summed E-state index contributed by atoms with van der Waals surface area (Å²) in [7, 11) is 0. The van der Waals surface area contributed by atoms with Gasteiger partial charge in [0.25, 0.3) is 0 Å². The minimum atomic E-state index is 0.199. The molecule has 20 heavy (non-hydrogen) atoms. The molecule has 1 aliphatic rings. The molecule has 3 nitrogen and oxygen atoms in total. The van der Waals surface area contributed by atoms with Gasteiger partial charge in [-0.15, -0.1) is 0 Å². The zero-order valence-electron chi connectivity index (χ0n) is 12.1. The van der Waals surface area contributed by atoms with E-state index in [1.165, 1.54) is 0 Å². The van der Waals surface area contributed by atoms with Gasteiger partial charge < -0.3 is 14.7 Å². The van der Waals surface area contributed by atoms with E-state index in [2.05, 4.69) is 11.8 Å². The van der Waals surface area contributed by atoms with Crippen molar-refractivity contribution in [2.24, 2.45) is 11.8 Å². The van der Waals surface area contributed by atoms with Crippen LogP contribution >= 0.6 is 11.6 Å². The Morgan fingerprint density at radius 3 is 2.50 bits per heavy atom. The molecule has 1 heterocycles. The van der Waals surface area contributed by atoms with Gasteiger partial charge in [0.05, 0.1) is 6.61 Å². The number of halogens is 1. The Labute approximate surface area is 126 Å². The fraction of sp³-hybridized carbons (Fsp3) is 0.625. The third-order valence-electron chi connectivity index (χ3n) is 4.26. The first kappa shape index (κ1) is 15.6. The Morgan fingerprint density at radius 1 is 1.30 bits per heavy atom. The fourth-order valence-corrected chi connectivity index (χ4v) is 2.94. The van der Waals surface area contributed by atoms with Gasteiger partial charge in [-0.2, -0.15) is 0 Å². The molecule has 1 unspecified atom stereocenters. The fourth-order valence-electron chi connectivity index (χ4n) is 2.81. The molecule has 1 atom stereocenters. The first-order valence-corrected chi connectivity index (χ1v) is 7.82. The number of hydrogen-bond donors (Lipinski definition) is 1. The van der Waals surface area contributed by atoms with Crippen molar-refractivity contribution in [2.45, 2.75) is 19.8 Å². The van der Waals surface area contributed by atoms with Crippen molar-refractivity contribution in [3.8, 4) is 5.75 Å². The summed E-state index contributed by atoms with van der Waals surface area (Å²) in [5.74, 6) is 1.61. The van der Waals surface area contributed by atoms with E-state index in [1.54, 1.807) is 0 Å². The first-order chi connectivity index (χ1) is 9.72. The predicted molar refractivity (Wildman–Crippen MR) is 82.4 cm³/mol. The summed E-state index contributed by atoms with van der Waals surface area (Å²) < 4.78 is 5.79. The number of hydrogen-bond acceptors (Lipinski definition) is 3. The number of aliphatic hydroxyl groups is 1.